The highest BCUT2D eigenvalue weighted by Crippen LogP contribution is 2.54. The highest BCUT2D eigenvalue weighted by molar-refractivity contribution is 5.98. The van der Waals surface area contributed by atoms with Crippen molar-refractivity contribution in [3.8, 4) is 17.6 Å². The van der Waals surface area contributed by atoms with E-state index >= 15 is 0 Å². The molecule has 25 heavy (non-hydrogen) atoms. The number of anilines is 1. The normalized spacial score (nSPS) is 16.8. The molecule has 0 radical (unpaired) electrons. The van der Waals surface area contributed by atoms with E-state index in [-0.39, 0.29) is 5.91 Å². The van der Waals surface area contributed by atoms with Crippen LogP contribution in [0.1, 0.15) is 25.3 Å². The lowest BCUT2D eigenvalue weighted by molar-refractivity contribution is -0.127. The Hall–Kier alpha value is -2.77. The monoisotopic (exact) mass is 335 g/mol. The SMILES string of the molecule is COc1ccc(NC(=O)C2(C(C)(O)C#Cc3ccccc3)CC2)cc1. The van der Waals surface area contributed by atoms with Crippen molar-refractivity contribution in [2.45, 2.75) is 25.4 Å². The van der Waals surface area contributed by atoms with Gasteiger partial charge in [-0.3, -0.25) is 4.79 Å². The molecule has 2 N–H and O–H groups in total. The van der Waals surface area contributed by atoms with Crippen LogP contribution in [0.15, 0.2) is 54.6 Å². The summed E-state index contributed by atoms with van der Waals surface area (Å²) >= 11 is 0. The highest BCUT2D eigenvalue weighted by atomic mass is 16.5. The van der Waals surface area contributed by atoms with E-state index in [4.69, 9.17) is 4.74 Å². The minimum Gasteiger partial charge on any atom is -0.497 e. The van der Waals surface area contributed by atoms with Gasteiger partial charge in [-0.15, -0.1) is 0 Å². The number of benzene rings is 2. The number of aliphatic hydroxyl groups is 1. The van der Waals surface area contributed by atoms with Gasteiger partial charge in [-0.2, -0.15) is 0 Å². The number of hydrogen-bond acceptors (Lipinski definition) is 3. The minimum absolute atomic E-state index is 0.204. The molecule has 0 aromatic heterocycles. The molecule has 1 aliphatic carbocycles. The first-order valence-electron chi connectivity index (χ1n) is 8.23. The first kappa shape index (κ1) is 17.1. The van der Waals surface area contributed by atoms with Crippen LogP contribution in [-0.4, -0.2) is 23.7 Å². The van der Waals surface area contributed by atoms with E-state index < -0.39 is 11.0 Å². The van der Waals surface area contributed by atoms with Crippen molar-refractivity contribution in [1.82, 2.24) is 0 Å². The Morgan fingerprint density at radius 1 is 1.16 bits per heavy atom. The van der Waals surface area contributed by atoms with Crippen LogP contribution in [0.3, 0.4) is 0 Å². The summed E-state index contributed by atoms with van der Waals surface area (Å²) in [6.07, 6.45) is 1.23. The smallest absolute Gasteiger partial charge is 0.234 e. The molecule has 2 aromatic carbocycles. The van der Waals surface area contributed by atoms with Gasteiger partial charge >= 0.3 is 0 Å². The van der Waals surface area contributed by atoms with Gasteiger partial charge in [-0.05, 0) is 56.2 Å². The molecular weight excluding hydrogens is 314 g/mol. The van der Waals surface area contributed by atoms with E-state index in [0.29, 0.717) is 18.5 Å². The van der Waals surface area contributed by atoms with Crippen molar-refractivity contribution in [2.24, 2.45) is 5.41 Å². The fraction of sp³-hybridized carbons (Fsp3) is 0.286. The number of ether oxygens (including phenoxy) is 1. The zero-order valence-electron chi connectivity index (χ0n) is 14.4. The molecule has 1 atom stereocenters. The fourth-order valence-corrected chi connectivity index (χ4v) is 2.82. The lowest BCUT2D eigenvalue weighted by Gasteiger charge is -2.27. The van der Waals surface area contributed by atoms with Gasteiger partial charge in [0.2, 0.25) is 5.91 Å². The summed E-state index contributed by atoms with van der Waals surface area (Å²) in [5.41, 5.74) is -0.772. The van der Waals surface area contributed by atoms with Crippen LogP contribution in [-0.2, 0) is 4.79 Å². The number of carbonyl (C=O) groups is 1. The van der Waals surface area contributed by atoms with Gasteiger partial charge in [0.25, 0.3) is 0 Å². The molecule has 2 aromatic rings. The predicted molar refractivity (Wildman–Crippen MR) is 97.2 cm³/mol. The van der Waals surface area contributed by atoms with Gasteiger partial charge in [0.1, 0.15) is 11.4 Å². The Kier molecular flexibility index (Phi) is 4.52. The number of rotatable bonds is 4. The summed E-state index contributed by atoms with van der Waals surface area (Å²) in [6, 6.07) is 16.6. The van der Waals surface area contributed by atoms with Crippen LogP contribution in [0.5, 0.6) is 5.75 Å². The largest absolute Gasteiger partial charge is 0.497 e. The van der Waals surface area contributed by atoms with E-state index in [1.54, 1.807) is 38.3 Å². The van der Waals surface area contributed by atoms with Crippen molar-refractivity contribution in [3.05, 3.63) is 60.2 Å². The summed E-state index contributed by atoms with van der Waals surface area (Å²) in [6.45, 7) is 1.61. The minimum atomic E-state index is -1.39. The molecule has 3 rings (SSSR count). The highest BCUT2D eigenvalue weighted by Gasteiger charge is 2.61. The summed E-state index contributed by atoms with van der Waals surface area (Å²) in [7, 11) is 1.59. The molecule has 1 unspecified atom stereocenters. The van der Waals surface area contributed by atoms with Crippen molar-refractivity contribution >= 4 is 11.6 Å². The summed E-state index contributed by atoms with van der Waals surface area (Å²) in [5.74, 6) is 6.37. The van der Waals surface area contributed by atoms with E-state index in [9.17, 15) is 9.90 Å². The Morgan fingerprint density at radius 2 is 1.80 bits per heavy atom. The zero-order valence-corrected chi connectivity index (χ0v) is 14.4. The average Bonchev–Trinajstić information content (AvgIpc) is 3.44. The first-order valence-corrected chi connectivity index (χ1v) is 8.23. The third-order valence-electron chi connectivity index (χ3n) is 4.69. The second-order valence-corrected chi connectivity index (χ2v) is 6.45. The molecule has 0 saturated heterocycles. The maximum Gasteiger partial charge on any atom is 0.234 e. The maximum atomic E-state index is 12.7. The summed E-state index contributed by atoms with van der Waals surface area (Å²) < 4.78 is 5.11. The molecule has 1 aliphatic rings. The van der Waals surface area contributed by atoms with Gasteiger partial charge in [0, 0.05) is 11.3 Å². The topological polar surface area (TPSA) is 58.6 Å². The van der Waals surface area contributed by atoms with Crippen molar-refractivity contribution in [1.29, 1.82) is 0 Å². The number of methoxy groups -OCH3 is 1. The molecule has 128 valence electrons. The predicted octanol–water partition coefficient (Wildman–Crippen LogP) is 3.22. The Morgan fingerprint density at radius 3 is 2.36 bits per heavy atom. The third-order valence-corrected chi connectivity index (χ3v) is 4.69. The number of nitrogens with one attached hydrogen (secondary N) is 1. The van der Waals surface area contributed by atoms with Gasteiger partial charge in [0.05, 0.1) is 12.5 Å². The number of hydrogen-bond donors (Lipinski definition) is 2. The molecule has 0 aliphatic heterocycles. The van der Waals surface area contributed by atoms with E-state index in [0.717, 1.165) is 11.3 Å². The Bertz CT molecular complexity index is 810. The lowest BCUT2D eigenvalue weighted by atomic mass is 9.85. The van der Waals surface area contributed by atoms with Gasteiger partial charge in [0.15, 0.2) is 0 Å². The molecule has 1 fully saturated rings. The molecule has 4 heteroatoms. The van der Waals surface area contributed by atoms with Crippen molar-refractivity contribution in [3.63, 3.8) is 0 Å². The van der Waals surface area contributed by atoms with Crippen LogP contribution in [0.25, 0.3) is 0 Å². The summed E-state index contributed by atoms with van der Waals surface area (Å²) in [5, 5.41) is 13.7. The molecule has 0 bridgehead atoms. The number of amides is 1. The van der Waals surface area contributed by atoms with Crippen LogP contribution < -0.4 is 10.1 Å². The second-order valence-electron chi connectivity index (χ2n) is 6.45. The fourth-order valence-electron chi connectivity index (χ4n) is 2.82. The first-order chi connectivity index (χ1) is 12.0. The molecule has 0 spiro atoms. The van der Waals surface area contributed by atoms with E-state index in [1.807, 2.05) is 30.3 Å². The van der Waals surface area contributed by atoms with Gasteiger partial charge in [-0.25, -0.2) is 0 Å². The second kappa shape index (κ2) is 6.62. The van der Waals surface area contributed by atoms with Gasteiger partial charge in [-0.1, -0.05) is 30.0 Å². The van der Waals surface area contributed by atoms with Crippen LogP contribution >= 0.6 is 0 Å². The Labute approximate surface area is 147 Å². The Balaban J connectivity index is 1.75. The van der Waals surface area contributed by atoms with E-state index in [1.165, 1.54) is 0 Å². The van der Waals surface area contributed by atoms with Crippen LogP contribution in [0, 0.1) is 17.3 Å². The molecule has 1 saturated carbocycles. The summed E-state index contributed by atoms with van der Waals surface area (Å²) in [4.78, 5) is 12.7. The van der Waals surface area contributed by atoms with Gasteiger partial charge < -0.3 is 15.2 Å². The average molecular weight is 335 g/mol. The van der Waals surface area contributed by atoms with Crippen LogP contribution in [0.2, 0.25) is 0 Å². The third kappa shape index (κ3) is 3.52. The van der Waals surface area contributed by atoms with Crippen molar-refractivity contribution in [2.75, 3.05) is 12.4 Å². The maximum absolute atomic E-state index is 12.7. The molecule has 1 amide bonds. The van der Waals surface area contributed by atoms with Crippen molar-refractivity contribution < 1.29 is 14.6 Å². The molecule has 0 heterocycles. The van der Waals surface area contributed by atoms with Crippen LogP contribution in [0.4, 0.5) is 5.69 Å². The zero-order chi connectivity index (χ0) is 17.9. The van der Waals surface area contributed by atoms with E-state index in [2.05, 4.69) is 17.2 Å². The molecular formula is C21H21NO3. The lowest BCUT2D eigenvalue weighted by Crippen LogP contribution is -2.43. The molecule has 4 nitrogen and oxygen atoms in total. The number of carbonyl (C=O) groups excluding carboxylic acids is 1. The quantitative estimate of drug-likeness (QED) is 0.844. The standard InChI is InChI=1S/C21H21NO3/c1-20(24,13-12-16-6-4-3-5-7-16)21(14-15-21)19(23)22-17-8-10-18(25-2)11-9-17/h3-11,24H,14-15H2,1-2H3,(H,22,23).